The lowest BCUT2D eigenvalue weighted by atomic mass is 9.96. The summed E-state index contributed by atoms with van der Waals surface area (Å²) in [5.41, 5.74) is -0.447. The van der Waals surface area contributed by atoms with Gasteiger partial charge in [0.1, 0.15) is 5.60 Å². The molecule has 0 saturated carbocycles. The summed E-state index contributed by atoms with van der Waals surface area (Å²) in [4.78, 5) is 20.7. The Morgan fingerprint density at radius 3 is 2.44 bits per heavy atom. The van der Waals surface area contributed by atoms with Crippen LogP contribution in [0, 0.1) is 5.92 Å². The molecule has 0 aromatic heterocycles. The Bertz CT molecular complexity index is 441. The number of aliphatic imine (C=N–C) groups is 1. The van der Waals surface area contributed by atoms with Crippen LogP contribution in [0.2, 0.25) is 0 Å². The molecule has 0 aromatic carbocycles. The number of ether oxygens (including phenoxy) is 1. The van der Waals surface area contributed by atoms with Crippen LogP contribution in [0.4, 0.5) is 4.79 Å². The third-order valence-corrected chi connectivity index (χ3v) is 4.04. The SMILES string of the molecule is C=CCNC(=NC)N1CCC(CN(CC)C(=O)OC(C)(C)C)CC1.I. The van der Waals surface area contributed by atoms with Crippen molar-refractivity contribution in [3.8, 4) is 0 Å². The third kappa shape index (κ3) is 8.78. The number of hydrogen-bond acceptors (Lipinski definition) is 3. The van der Waals surface area contributed by atoms with Crippen LogP contribution in [0.25, 0.3) is 0 Å². The zero-order valence-corrected chi connectivity index (χ0v) is 18.7. The molecule has 0 spiro atoms. The molecule has 1 saturated heterocycles. The van der Waals surface area contributed by atoms with Crippen molar-refractivity contribution in [1.29, 1.82) is 0 Å². The Morgan fingerprint density at radius 2 is 2.00 bits per heavy atom. The van der Waals surface area contributed by atoms with E-state index in [4.69, 9.17) is 4.74 Å². The second kappa shape index (κ2) is 11.6. The number of carbonyl (C=O) groups excluding carboxylic acids is 1. The molecule has 1 heterocycles. The van der Waals surface area contributed by atoms with Crippen LogP contribution in [0.5, 0.6) is 0 Å². The molecule has 0 atom stereocenters. The van der Waals surface area contributed by atoms with Crippen LogP contribution in [-0.2, 0) is 4.74 Å². The number of nitrogens with one attached hydrogen (secondary N) is 1. The minimum Gasteiger partial charge on any atom is -0.444 e. The molecule has 0 aromatic rings. The van der Waals surface area contributed by atoms with Gasteiger partial charge in [0.2, 0.25) is 0 Å². The van der Waals surface area contributed by atoms with Gasteiger partial charge >= 0.3 is 6.09 Å². The van der Waals surface area contributed by atoms with Gasteiger partial charge in [-0.05, 0) is 46.5 Å². The molecule has 1 aliphatic rings. The Labute approximate surface area is 170 Å². The Hall–Kier alpha value is -0.990. The normalized spacial score (nSPS) is 16.0. The van der Waals surface area contributed by atoms with Crippen LogP contribution in [-0.4, -0.2) is 67.2 Å². The molecular weight excluding hydrogens is 431 g/mol. The molecule has 6 nitrogen and oxygen atoms in total. The molecule has 0 radical (unpaired) electrons. The number of halogens is 1. The van der Waals surface area contributed by atoms with Gasteiger partial charge < -0.3 is 19.9 Å². The summed E-state index contributed by atoms with van der Waals surface area (Å²) in [6, 6.07) is 0. The minimum atomic E-state index is -0.447. The van der Waals surface area contributed by atoms with E-state index in [2.05, 4.69) is 21.8 Å². The molecule has 146 valence electrons. The van der Waals surface area contributed by atoms with Gasteiger partial charge in [0.05, 0.1) is 0 Å². The number of carbonyl (C=O) groups is 1. The van der Waals surface area contributed by atoms with Crippen molar-refractivity contribution in [3.63, 3.8) is 0 Å². The van der Waals surface area contributed by atoms with E-state index >= 15 is 0 Å². The smallest absolute Gasteiger partial charge is 0.410 e. The summed E-state index contributed by atoms with van der Waals surface area (Å²) >= 11 is 0. The molecular formula is C18H35IN4O2. The molecule has 1 N–H and O–H groups in total. The monoisotopic (exact) mass is 466 g/mol. The van der Waals surface area contributed by atoms with Crippen molar-refractivity contribution in [1.82, 2.24) is 15.1 Å². The van der Waals surface area contributed by atoms with Crippen molar-refractivity contribution >= 4 is 36.0 Å². The highest BCUT2D eigenvalue weighted by atomic mass is 127. The topological polar surface area (TPSA) is 57.2 Å². The lowest BCUT2D eigenvalue weighted by molar-refractivity contribution is 0.0214. The molecule has 1 aliphatic heterocycles. The number of nitrogens with zero attached hydrogens (tertiary/aromatic N) is 3. The van der Waals surface area contributed by atoms with E-state index in [1.54, 1.807) is 7.05 Å². The Kier molecular flexibility index (Phi) is 11.1. The lowest BCUT2D eigenvalue weighted by Crippen LogP contribution is -2.47. The molecule has 1 amide bonds. The average molecular weight is 466 g/mol. The van der Waals surface area contributed by atoms with E-state index in [-0.39, 0.29) is 30.1 Å². The van der Waals surface area contributed by atoms with Crippen LogP contribution >= 0.6 is 24.0 Å². The van der Waals surface area contributed by atoms with Gasteiger partial charge in [-0.25, -0.2) is 4.79 Å². The number of likely N-dealkylation sites (tertiary alicyclic amines) is 1. The fourth-order valence-electron chi connectivity index (χ4n) is 2.79. The first kappa shape index (κ1) is 24.0. The first-order valence-electron chi connectivity index (χ1n) is 8.85. The molecule has 0 unspecified atom stereocenters. The number of guanidine groups is 1. The van der Waals surface area contributed by atoms with Crippen LogP contribution in [0.15, 0.2) is 17.6 Å². The maximum Gasteiger partial charge on any atom is 0.410 e. The lowest BCUT2D eigenvalue weighted by Gasteiger charge is -2.36. The minimum absolute atomic E-state index is 0. The largest absolute Gasteiger partial charge is 0.444 e. The van der Waals surface area contributed by atoms with E-state index in [9.17, 15) is 4.79 Å². The van der Waals surface area contributed by atoms with Crippen LogP contribution in [0.3, 0.4) is 0 Å². The summed E-state index contributed by atoms with van der Waals surface area (Å²) in [5.74, 6) is 1.43. The van der Waals surface area contributed by atoms with Crippen molar-refractivity contribution in [3.05, 3.63) is 12.7 Å². The number of hydrogen-bond donors (Lipinski definition) is 1. The van der Waals surface area contributed by atoms with E-state index in [0.29, 0.717) is 12.5 Å². The van der Waals surface area contributed by atoms with Gasteiger partial charge in [-0.15, -0.1) is 30.6 Å². The fourth-order valence-corrected chi connectivity index (χ4v) is 2.79. The molecule has 1 rings (SSSR count). The summed E-state index contributed by atoms with van der Waals surface area (Å²) in [5, 5.41) is 3.27. The van der Waals surface area contributed by atoms with Crippen molar-refractivity contribution in [2.24, 2.45) is 10.9 Å². The summed E-state index contributed by atoms with van der Waals surface area (Å²) in [6.07, 6.45) is 3.72. The zero-order valence-electron chi connectivity index (χ0n) is 16.4. The molecule has 0 aliphatic carbocycles. The van der Waals surface area contributed by atoms with Gasteiger partial charge in [-0.1, -0.05) is 6.08 Å². The van der Waals surface area contributed by atoms with E-state index in [0.717, 1.165) is 45.0 Å². The first-order chi connectivity index (χ1) is 11.3. The predicted octanol–water partition coefficient (Wildman–Crippen LogP) is 3.33. The van der Waals surface area contributed by atoms with E-state index < -0.39 is 5.60 Å². The van der Waals surface area contributed by atoms with Gasteiger partial charge in [0.15, 0.2) is 5.96 Å². The molecule has 25 heavy (non-hydrogen) atoms. The van der Waals surface area contributed by atoms with Crippen molar-refractivity contribution < 1.29 is 9.53 Å². The Balaban J connectivity index is 0.00000576. The second-order valence-corrected chi connectivity index (χ2v) is 7.17. The van der Waals surface area contributed by atoms with E-state index in [1.165, 1.54) is 0 Å². The quantitative estimate of drug-likeness (QED) is 0.292. The number of piperidine rings is 1. The molecule has 0 bridgehead atoms. The van der Waals surface area contributed by atoms with Crippen LogP contribution < -0.4 is 5.32 Å². The maximum absolute atomic E-state index is 12.3. The highest BCUT2D eigenvalue weighted by Crippen LogP contribution is 2.20. The van der Waals surface area contributed by atoms with E-state index in [1.807, 2.05) is 38.7 Å². The van der Waals surface area contributed by atoms with Gasteiger partial charge in [0.25, 0.3) is 0 Å². The summed E-state index contributed by atoms with van der Waals surface area (Å²) < 4.78 is 5.49. The molecule has 7 heteroatoms. The highest BCUT2D eigenvalue weighted by Gasteiger charge is 2.26. The van der Waals surface area contributed by atoms with Crippen LogP contribution in [0.1, 0.15) is 40.5 Å². The van der Waals surface area contributed by atoms with Crippen molar-refractivity contribution in [2.45, 2.75) is 46.1 Å². The maximum atomic E-state index is 12.3. The number of amides is 1. The predicted molar refractivity (Wildman–Crippen MR) is 115 cm³/mol. The fraction of sp³-hybridized carbons (Fsp3) is 0.778. The second-order valence-electron chi connectivity index (χ2n) is 7.17. The molecule has 1 fully saturated rings. The number of rotatable bonds is 5. The van der Waals surface area contributed by atoms with Gasteiger partial charge in [-0.2, -0.15) is 0 Å². The highest BCUT2D eigenvalue weighted by molar-refractivity contribution is 14.0. The Morgan fingerprint density at radius 1 is 1.40 bits per heavy atom. The first-order valence-corrected chi connectivity index (χ1v) is 8.85. The average Bonchev–Trinajstić information content (AvgIpc) is 2.52. The van der Waals surface area contributed by atoms with Gasteiger partial charge in [0, 0.05) is 39.8 Å². The van der Waals surface area contributed by atoms with Gasteiger partial charge in [-0.3, -0.25) is 4.99 Å². The standard InChI is InChI=1S/C18H34N4O2.HI/c1-7-11-20-16(19-6)22-12-9-15(10-13-22)14-21(8-2)17(23)24-18(3,4)5;/h7,15H,1,8-14H2,2-6H3,(H,19,20);1H. The van der Waals surface area contributed by atoms with Crippen molar-refractivity contribution in [2.75, 3.05) is 39.8 Å². The third-order valence-electron chi connectivity index (χ3n) is 4.04. The summed E-state index contributed by atoms with van der Waals surface area (Å²) in [7, 11) is 1.80. The summed E-state index contributed by atoms with van der Waals surface area (Å²) in [6.45, 7) is 15.5. The zero-order chi connectivity index (χ0) is 18.2.